The van der Waals surface area contributed by atoms with Gasteiger partial charge in [-0.15, -0.1) is 54.1 Å². The summed E-state index contributed by atoms with van der Waals surface area (Å²) in [6, 6.07) is 32.6. The maximum absolute atomic E-state index is 8.64. The first-order valence-corrected chi connectivity index (χ1v) is 13.4. The van der Waals surface area contributed by atoms with Gasteiger partial charge in [0.2, 0.25) is 0 Å². The van der Waals surface area contributed by atoms with Crippen LogP contribution < -0.4 is 0 Å². The van der Waals surface area contributed by atoms with E-state index in [4.69, 9.17) is 11.3 Å². The van der Waals surface area contributed by atoms with Crippen molar-refractivity contribution < 1.29 is 31.4 Å². The predicted molar refractivity (Wildman–Crippen MR) is 167 cm³/mol. The predicted octanol–water partition coefficient (Wildman–Crippen LogP) is 9.44. The molecule has 3 aromatic carbocycles. The van der Waals surface area contributed by atoms with Gasteiger partial charge in [-0.25, -0.2) is 0 Å². The van der Waals surface area contributed by atoms with Crippen molar-refractivity contribution in [3.63, 3.8) is 0 Å². The Morgan fingerprint density at radius 1 is 0.786 bits per heavy atom. The minimum atomic E-state index is -2.28. The number of pyridine rings is 3. The molecule has 42 heavy (non-hydrogen) atoms. The van der Waals surface area contributed by atoms with Crippen molar-refractivity contribution >= 4 is 32.7 Å². The van der Waals surface area contributed by atoms with Crippen LogP contribution in [0.2, 0.25) is 0 Å². The normalized spacial score (nSPS) is 13.6. The molecule has 0 amide bonds. The van der Waals surface area contributed by atoms with Gasteiger partial charge in [-0.3, -0.25) is 4.98 Å². The molecule has 0 fully saturated rings. The zero-order valence-electron chi connectivity index (χ0n) is 28.4. The molecule has 0 unspecified atom stereocenters. The summed E-state index contributed by atoms with van der Waals surface area (Å²) in [4.78, 5) is 12.9. The molecule has 0 N–H and O–H groups in total. The molecule has 4 nitrogen and oxygen atoms in total. The van der Waals surface area contributed by atoms with Gasteiger partial charge in [0.25, 0.3) is 0 Å². The van der Waals surface area contributed by atoms with Crippen molar-refractivity contribution in [1.82, 2.24) is 15.0 Å². The number of rotatable bonds is 3. The second kappa shape index (κ2) is 12.4. The van der Waals surface area contributed by atoms with Gasteiger partial charge in [0.15, 0.2) is 0 Å². The van der Waals surface area contributed by atoms with Crippen molar-refractivity contribution in [2.45, 2.75) is 34.0 Å². The molecule has 211 valence electrons. The summed E-state index contributed by atoms with van der Waals surface area (Å²) in [7, 11) is 0. The fourth-order valence-electron chi connectivity index (χ4n) is 4.76. The van der Waals surface area contributed by atoms with Crippen LogP contribution in [0.3, 0.4) is 0 Å². The number of aromatic nitrogens is 3. The van der Waals surface area contributed by atoms with Crippen LogP contribution >= 0.6 is 0 Å². The Hall–Kier alpha value is -4.18. The van der Waals surface area contributed by atoms with E-state index in [1.807, 2.05) is 81.4 Å². The first-order chi connectivity index (χ1) is 21.8. The van der Waals surface area contributed by atoms with Crippen LogP contribution in [0.5, 0.6) is 0 Å². The molecule has 4 aromatic heterocycles. The Labute approximate surface area is 267 Å². The number of hydrogen-bond acceptors (Lipinski definition) is 4. The Bertz CT molecular complexity index is 2120. The van der Waals surface area contributed by atoms with Gasteiger partial charge in [-0.05, 0) is 53.6 Å². The van der Waals surface area contributed by atoms with Crippen molar-refractivity contribution in [3.8, 4) is 22.5 Å². The smallest absolute Gasteiger partial charge is 0.130 e. The SMILES string of the molecule is [2H]C([2H])([2H])c1cc2ccc3c4cc[c-]c(-c5cc(C([2H])([2H])C(C)(C)C)ccn5)c4oc3c2cn1.[Ir].[c-]1ccccc1-c1ccccn1. The Morgan fingerprint density at radius 2 is 1.62 bits per heavy atom. The molecule has 0 aliphatic carbocycles. The van der Waals surface area contributed by atoms with Crippen LogP contribution in [0.15, 0.2) is 108 Å². The number of furan rings is 1. The molecular weight excluding hydrogens is 695 g/mol. The second-order valence-electron chi connectivity index (χ2n) is 10.7. The molecular formula is C37H31IrN3O-2. The number of nitrogens with zero attached hydrogens (tertiary/aromatic N) is 3. The van der Waals surface area contributed by atoms with Gasteiger partial charge < -0.3 is 14.4 Å². The minimum Gasteiger partial charge on any atom is -0.500 e. The number of benzene rings is 3. The molecule has 0 saturated heterocycles. The number of aryl methyl sites for hydroxylation is 1. The van der Waals surface area contributed by atoms with Crippen LogP contribution in [-0.2, 0) is 26.5 Å². The van der Waals surface area contributed by atoms with E-state index in [1.54, 1.807) is 42.9 Å². The zero-order valence-corrected chi connectivity index (χ0v) is 25.8. The van der Waals surface area contributed by atoms with Gasteiger partial charge in [0.05, 0.1) is 5.58 Å². The molecule has 0 saturated carbocycles. The fourth-order valence-corrected chi connectivity index (χ4v) is 4.76. The van der Waals surface area contributed by atoms with Crippen LogP contribution in [0, 0.1) is 24.4 Å². The molecule has 0 spiro atoms. The van der Waals surface area contributed by atoms with E-state index in [1.165, 1.54) is 0 Å². The van der Waals surface area contributed by atoms with Gasteiger partial charge in [0.1, 0.15) is 5.58 Å². The van der Waals surface area contributed by atoms with E-state index in [0.717, 1.165) is 32.8 Å². The maximum atomic E-state index is 8.64. The van der Waals surface area contributed by atoms with Crippen LogP contribution in [-0.4, -0.2) is 15.0 Å². The van der Waals surface area contributed by atoms with Crippen LogP contribution in [0.4, 0.5) is 0 Å². The van der Waals surface area contributed by atoms with E-state index in [-0.39, 0.29) is 25.8 Å². The minimum absolute atomic E-state index is 0. The van der Waals surface area contributed by atoms with Crippen molar-refractivity contribution in [2.24, 2.45) is 5.41 Å². The summed E-state index contributed by atoms with van der Waals surface area (Å²) in [6.07, 6.45) is 3.38. The average molecular weight is 731 g/mol. The number of hydrogen-bond donors (Lipinski definition) is 0. The van der Waals surface area contributed by atoms with E-state index in [9.17, 15) is 0 Å². The van der Waals surface area contributed by atoms with Crippen LogP contribution in [0.25, 0.3) is 55.2 Å². The van der Waals surface area contributed by atoms with Crippen LogP contribution in [0.1, 0.15) is 38.9 Å². The summed E-state index contributed by atoms with van der Waals surface area (Å²) >= 11 is 0. The average Bonchev–Trinajstić information content (AvgIpc) is 3.44. The molecule has 5 heteroatoms. The summed E-state index contributed by atoms with van der Waals surface area (Å²) in [5.41, 5.74) is 4.40. The molecule has 0 atom stereocenters. The largest absolute Gasteiger partial charge is 0.500 e. The van der Waals surface area contributed by atoms with E-state index < -0.39 is 18.6 Å². The molecule has 0 aliphatic rings. The van der Waals surface area contributed by atoms with E-state index >= 15 is 0 Å². The quantitative estimate of drug-likeness (QED) is 0.170. The zero-order chi connectivity index (χ0) is 32.7. The standard InChI is InChI=1S/C26H23N2O.C11H8N.Ir/c1-16-12-18-8-9-20-19-6-5-7-21(24(19)29-25(20)22(18)15-28-16)23-13-17(10-11-27-23)14-26(2,3)4;1-2-6-10(7-3-1)11-8-4-5-9-12-11;/h5-6,8-13,15H,14H2,1-4H3;1-6,8-9H;/q2*-1;/i1D3,14D2;;. The molecule has 0 aliphatic heterocycles. The summed E-state index contributed by atoms with van der Waals surface area (Å²) in [5, 5.41) is 3.20. The van der Waals surface area contributed by atoms with Crippen molar-refractivity contribution in [1.29, 1.82) is 0 Å². The third kappa shape index (κ3) is 6.33. The molecule has 4 heterocycles. The van der Waals surface area contributed by atoms with Crippen molar-refractivity contribution in [3.05, 3.63) is 127 Å². The third-order valence-electron chi connectivity index (χ3n) is 6.48. The first kappa shape index (κ1) is 23.4. The summed E-state index contributed by atoms with van der Waals surface area (Å²) in [6.45, 7) is 3.33. The van der Waals surface area contributed by atoms with Crippen molar-refractivity contribution in [2.75, 3.05) is 0 Å². The Morgan fingerprint density at radius 3 is 2.38 bits per heavy atom. The topological polar surface area (TPSA) is 51.8 Å². The maximum Gasteiger partial charge on any atom is 0.130 e. The Balaban J connectivity index is 0.000000280. The molecule has 7 rings (SSSR count). The van der Waals surface area contributed by atoms with Gasteiger partial charge >= 0.3 is 0 Å². The monoisotopic (exact) mass is 731 g/mol. The Kier molecular flexibility index (Phi) is 6.88. The van der Waals surface area contributed by atoms with E-state index in [0.29, 0.717) is 28.0 Å². The fraction of sp³-hybridized carbons (Fsp3) is 0.162. The third-order valence-corrected chi connectivity index (χ3v) is 6.48. The number of fused-ring (bicyclic) bond motifs is 5. The molecule has 7 aromatic rings. The summed E-state index contributed by atoms with van der Waals surface area (Å²) < 4.78 is 46.5. The van der Waals surface area contributed by atoms with Gasteiger partial charge in [-0.1, -0.05) is 67.6 Å². The summed E-state index contributed by atoms with van der Waals surface area (Å²) in [5.74, 6) is 0. The first-order valence-electron chi connectivity index (χ1n) is 15.9. The van der Waals surface area contributed by atoms with Gasteiger partial charge in [0, 0.05) is 62.0 Å². The van der Waals surface area contributed by atoms with Gasteiger partial charge in [-0.2, -0.15) is 0 Å². The molecule has 0 bridgehead atoms. The second-order valence-corrected chi connectivity index (χ2v) is 10.7. The molecule has 1 radical (unpaired) electrons. The van der Waals surface area contributed by atoms with E-state index in [2.05, 4.69) is 27.1 Å².